The highest BCUT2D eigenvalue weighted by Gasteiger charge is 2.31. The van der Waals surface area contributed by atoms with E-state index < -0.39 is 0 Å². The molecular weight excluding hydrogens is 368 g/mol. The van der Waals surface area contributed by atoms with Gasteiger partial charge in [0.15, 0.2) is 0 Å². The van der Waals surface area contributed by atoms with Gasteiger partial charge < -0.3 is 9.64 Å². The van der Waals surface area contributed by atoms with Crippen LogP contribution in [0, 0.1) is 6.92 Å². The van der Waals surface area contributed by atoms with E-state index in [2.05, 4.69) is 42.8 Å². The van der Waals surface area contributed by atoms with Gasteiger partial charge in [-0.3, -0.25) is 9.78 Å². The largest absolute Gasteiger partial charge is 0.495 e. The zero-order chi connectivity index (χ0) is 19.7. The Morgan fingerprint density at radius 1 is 1.29 bits per heavy atom. The van der Waals surface area contributed by atoms with Gasteiger partial charge in [-0.1, -0.05) is 30.8 Å². The summed E-state index contributed by atoms with van der Waals surface area (Å²) < 4.78 is 5.36. The van der Waals surface area contributed by atoms with E-state index in [1.165, 1.54) is 27.0 Å². The number of benzene rings is 1. The van der Waals surface area contributed by atoms with E-state index in [1.54, 1.807) is 24.6 Å². The third-order valence-corrected chi connectivity index (χ3v) is 6.21. The molecule has 142 valence electrons. The Morgan fingerprint density at radius 2 is 2.11 bits per heavy atom. The van der Waals surface area contributed by atoms with Crippen molar-refractivity contribution in [3.63, 3.8) is 0 Å². The van der Waals surface area contributed by atoms with Crippen LogP contribution in [0.4, 0.5) is 0 Å². The highest BCUT2D eigenvalue weighted by molar-refractivity contribution is 7.12. The smallest absolute Gasteiger partial charge is 0.246 e. The number of aryl methyl sites for hydroxylation is 1. The topological polar surface area (TPSA) is 42.4 Å². The SMILES string of the molecule is C=CC(=O)N1Cc2sc(C)cc2[C@@H](c2ccccc2-c2cncc(OC)c2)C1. The fourth-order valence-corrected chi connectivity index (χ4v) is 4.98. The highest BCUT2D eigenvalue weighted by Crippen LogP contribution is 2.41. The lowest BCUT2D eigenvalue weighted by atomic mass is 9.84. The summed E-state index contributed by atoms with van der Waals surface area (Å²) in [6, 6.07) is 12.6. The predicted octanol–water partition coefficient (Wildman–Crippen LogP) is 4.79. The van der Waals surface area contributed by atoms with Gasteiger partial charge in [0.2, 0.25) is 5.91 Å². The zero-order valence-electron chi connectivity index (χ0n) is 16.0. The fraction of sp³-hybridized carbons (Fsp3) is 0.217. The number of methoxy groups -OCH3 is 1. The molecule has 0 fully saturated rings. The van der Waals surface area contributed by atoms with Gasteiger partial charge in [-0.05, 0) is 41.8 Å². The molecule has 0 saturated carbocycles. The average Bonchev–Trinajstić information content (AvgIpc) is 3.12. The Labute approximate surface area is 169 Å². The molecule has 0 bridgehead atoms. The van der Waals surface area contributed by atoms with Crippen LogP contribution < -0.4 is 4.74 Å². The monoisotopic (exact) mass is 390 g/mol. The second kappa shape index (κ2) is 7.60. The summed E-state index contributed by atoms with van der Waals surface area (Å²) in [4.78, 5) is 21.1. The summed E-state index contributed by atoms with van der Waals surface area (Å²) in [6.07, 6.45) is 4.97. The molecule has 0 N–H and O–H groups in total. The number of hydrogen-bond acceptors (Lipinski definition) is 4. The molecule has 28 heavy (non-hydrogen) atoms. The minimum absolute atomic E-state index is 0.0257. The van der Waals surface area contributed by atoms with E-state index in [9.17, 15) is 4.79 Å². The van der Waals surface area contributed by atoms with Gasteiger partial charge in [0.05, 0.1) is 19.9 Å². The Balaban J connectivity index is 1.84. The number of rotatable bonds is 4. The predicted molar refractivity (Wildman–Crippen MR) is 113 cm³/mol. The van der Waals surface area contributed by atoms with Gasteiger partial charge in [0.1, 0.15) is 5.75 Å². The number of carbonyl (C=O) groups excluding carboxylic acids is 1. The molecular formula is C23H22N2O2S. The van der Waals surface area contributed by atoms with Crippen LogP contribution in [0.1, 0.15) is 26.8 Å². The third kappa shape index (κ3) is 3.34. The van der Waals surface area contributed by atoms with Crippen LogP contribution in [-0.4, -0.2) is 29.4 Å². The maximum Gasteiger partial charge on any atom is 0.246 e. The van der Waals surface area contributed by atoms with Gasteiger partial charge >= 0.3 is 0 Å². The van der Waals surface area contributed by atoms with Crippen molar-refractivity contribution in [1.82, 2.24) is 9.88 Å². The van der Waals surface area contributed by atoms with Crippen LogP contribution in [-0.2, 0) is 11.3 Å². The normalized spacial score (nSPS) is 15.8. The summed E-state index contributed by atoms with van der Waals surface area (Å²) in [6.45, 7) is 7.08. The van der Waals surface area contributed by atoms with E-state index in [4.69, 9.17) is 4.74 Å². The van der Waals surface area contributed by atoms with E-state index >= 15 is 0 Å². The second-order valence-corrected chi connectivity index (χ2v) is 8.25. The van der Waals surface area contributed by atoms with E-state index in [0.717, 1.165) is 16.9 Å². The van der Waals surface area contributed by atoms with Crippen molar-refractivity contribution in [2.45, 2.75) is 19.4 Å². The number of carbonyl (C=O) groups is 1. The molecule has 3 heterocycles. The van der Waals surface area contributed by atoms with Crippen LogP contribution in [0.5, 0.6) is 5.75 Å². The minimum atomic E-state index is -0.0257. The molecule has 1 amide bonds. The Hall–Kier alpha value is -2.92. The summed E-state index contributed by atoms with van der Waals surface area (Å²) in [5.74, 6) is 0.814. The second-order valence-electron chi connectivity index (χ2n) is 6.91. The molecule has 4 rings (SSSR count). The quantitative estimate of drug-likeness (QED) is 0.602. The number of amides is 1. The lowest BCUT2D eigenvalue weighted by Gasteiger charge is -2.33. The van der Waals surface area contributed by atoms with Gasteiger partial charge in [-0.15, -0.1) is 11.3 Å². The van der Waals surface area contributed by atoms with Crippen molar-refractivity contribution in [3.05, 3.63) is 82.3 Å². The summed E-state index contributed by atoms with van der Waals surface area (Å²) in [5, 5.41) is 0. The summed E-state index contributed by atoms with van der Waals surface area (Å²) in [7, 11) is 1.65. The van der Waals surface area contributed by atoms with Gasteiger partial charge in [0.25, 0.3) is 0 Å². The molecule has 0 aliphatic carbocycles. The first-order chi connectivity index (χ1) is 13.6. The molecule has 0 spiro atoms. The Bertz CT molecular complexity index is 1040. The number of fused-ring (bicyclic) bond motifs is 1. The molecule has 0 unspecified atom stereocenters. The molecule has 2 aromatic heterocycles. The van der Waals surface area contributed by atoms with Crippen LogP contribution >= 0.6 is 11.3 Å². The number of pyridine rings is 1. The zero-order valence-corrected chi connectivity index (χ0v) is 16.8. The highest BCUT2D eigenvalue weighted by atomic mass is 32.1. The maximum absolute atomic E-state index is 12.4. The first kappa shape index (κ1) is 18.4. The number of aromatic nitrogens is 1. The Kier molecular flexibility index (Phi) is 5.01. The molecule has 4 nitrogen and oxygen atoms in total. The standard InChI is InChI=1S/C23H22N2O2S/c1-4-23(26)25-13-21(20-9-15(2)28-22(20)14-25)19-8-6-5-7-18(19)16-10-17(27-3)12-24-11-16/h4-12,21H,1,13-14H2,2-3H3/t21-/m1/s1. The van der Waals surface area contributed by atoms with Crippen molar-refractivity contribution >= 4 is 17.2 Å². The van der Waals surface area contributed by atoms with Crippen LogP contribution in [0.25, 0.3) is 11.1 Å². The number of hydrogen-bond donors (Lipinski definition) is 0. The van der Waals surface area contributed by atoms with Crippen molar-refractivity contribution < 1.29 is 9.53 Å². The molecule has 3 aromatic rings. The minimum Gasteiger partial charge on any atom is -0.495 e. The fourth-order valence-electron chi connectivity index (χ4n) is 3.86. The van der Waals surface area contributed by atoms with Gasteiger partial charge in [0, 0.05) is 34.0 Å². The molecule has 0 saturated heterocycles. The van der Waals surface area contributed by atoms with E-state index in [0.29, 0.717) is 13.1 Å². The lowest BCUT2D eigenvalue weighted by Crippen LogP contribution is -2.37. The summed E-state index contributed by atoms with van der Waals surface area (Å²) in [5.41, 5.74) is 4.63. The summed E-state index contributed by atoms with van der Waals surface area (Å²) >= 11 is 1.77. The van der Waals surface area contributed by atoms with E-state index in [-0.39, 0.29) is 11.8 Å². The Morgan fingerprint density at radius 3 is 2.89 bits per heavy atom. The molecule has 1 aliphatic rings. The van der Waals surface area contributed by atoms with Gasteiger partial charge in [-0.25, -0.2) is 0 Å². The first-order valence-electron chi connectivity index (χ1n) is 9.19. The molecule has 0 radical (unpaired) electrons. The number of nitrogens with zero attached hydrogens (tertiary/aromatic N) is 2. The van der Waals surface area contributed by atoms with Gasteiger partial charge in [-0.2, -0.15) is 0 Å². The van der Waals surface area contributed by atoms with Crippen LogP contribution in [0.3, 0.4) is 0 Å². The first-order valence-corrected chi connectivity index (χ1v) is 10.0. The number of ether oxygens (including phenoxy) is 1. The van der Waals surface area contributed by atoms with Crippen LogP contribution in [0.2, 0.25) is 0 Å². The van der Waals surface area contributed by atoms with Crippen molar-refractivity contribution in [2.24, 2.45) is 0 Å². The van der Waals surface area contributed by atoms with E-state index in [1.807, 2.05) is 23.2 Å². The average molecular weight is 391 g/mol. The van der Waals surface area contributed by atoms with Crippen molar-refractivity contribution in [2.75, 3.05) is 13.7 Å². The van der Waals surface area contributed by atoms with Crippen molar-refractivity contribution in [3.8, 4) is 16.9 Å². The molecule has 1 aromatic carbocycles. The lowest BCUT2D eigenvalue weighted by molar-refractivity contribution is -0.127. The van der Waals surface area contributed by atoms with Crippen LogP contribution in [0.15, 0.2) is 61.4 Å². The number of thiophene rings is 1. The maximum atomic E-state index is 12.4. The third-order valence-electron chi connectivity index (χ3n) is 5.16. The molecule has 5 heteroatoms. The molecule has 1 atom stereocenters. The molecule has 1 aliphatic heterocycles. The van der Waals surface area contributed by atoms with Crippen molar-refractivity contribution in [1.29, 1.82) is 0 Å².